The van der Waals surface area contributed by atoms with Gasteiger partial charge in [0.05, 0.1) is 13.2 Å². The summed E-state index contributed by atoms with van der Waals surface area (Å²) in [5, 5.41) is 0. The molecule has 1 aromatic carbocycles. The average Bonchev–Trinajstić information content (AvgIpc) is 2.22. The summed E-state index contributed by atoms with van der Waals surface area (Å²) in [6.07, 6.45) is 0. The summed E-state index contributed by atoms with van der Waals surface area (Å²) < 4.78 is 11.9. The van der Waals surface area contributed by atoms with Crippen LogP contribution in [0.25, 0.3) is 0 Å². The van der Waals surface area contributed by atoms with Gasteiger partial charge in [-0.1, -0.05) is 15.9 Å². The number of ether oxygens (including phenoxy) is 2. The maximum atomic E-state index is 5.61. The summed E-state index contributed by atoms with van der Waals surface area (Å²) in [6, 6.07) is 3.81. The smallest absolute Gasteiger partial charge is 0.162 e. The van der Waals surface area contributed by atoms with Crippen molar-refractivity contribution in [3.05, 3.63) is 22.2 Å². The van der Waals surface area contributed by atoms with Crippen LogP contribution in [0.3, 0.4) is 0 Å². The fraction of sp³-hybridized carbons (Fsp3) is 0.455. The Morgan fingerprint density at radius 2 is 1.67 bits per heavy atom. The average molecular weight is 274 g/mol. The summed E-state index contributed by atoms with van der Waals surface area (Å²) in [6.45, 7) is 5.60. The van der Waals surface area contributed by atoms with Crippen LogP contribution in [0.2, 0.25) is 0 Å². The van der Waals surface area contributed by atoms with Crippen molar-refractivity contribution in [2.75, 3.05) is 13.2 Å². The van der Waals surface area contributed by atoms with Crippen molar-refractivity contribution in [1.29, 1.82) is 0 Å². The van der Waals surface area contributed by atoms with E-state index in [0.29, 0.717) is 19.8 Å². The number of nitrogens with two attached hydrogens (primary N) is 1. The molecule has 2 N–H and O–H groups in total. The van der Waals surface area contributed by atoms with Crippen LogP contribution in [0.5, 0.6) is 11.5 Å². The summed E-state index contributed by atoms with van der Waals surface area (Å²) in [7, 11) is 0. The van der Waals surface area contributed by atoms with Crippen molar-refractivity contribution in [1.82, 2.24) is 0 Å². The monoisotopic (exact) mass is 273 g/mol. The third-order valence-electron chi connectivity index (χ3n) is 1.93. The Hall–Kier alpha value is -0.740. The number of rotatable bonds is 5. The summed E-state index contributed by atoms with van der Waals surface area (Å²) in [5.41, 5.74) is 6.63. The second-order valence-corrected chi connectivity index (χ2v) is 3.81. The predicted molar refractivity (Wildman–Crippen MR) is 64.4 cm³/mol. The normalized spacial score (nSPS) is 10.1. The van der Waals surface area contributed by atoms with Crippen molar-refractivity contribution >= 4 is 15.9 Å². The van der Waals surface area contributed by atoms with Gasteiger partial charge in [-0.2, -0.15) is 0 Å². The fourth-order valence-electron chi connectivity index (χ4n) is 1.27. The molecule has 0 heterocycles. The van der Waals surface area contributed by atoms with E-state index in [1.165, 1.54) is 0 Å². The van der Waals surface area contributed by atoms with E-state index in [2.05, 4.69) is 15.9 Å². The van der Waals surface area contributed by atoms with Crippen LogP contribution in [-0.2, 0) is 6.54 Å². The van der Waals surface area contributed by atoms with E-state index >= 15 is 0 Å². The number of hydrogen-bond donors (Lipinski definition) is 1. The fourth-order valence-corrected chi connectivity index (χ4v) is 1.75. The Labute approximate surface area is 98.7 Å². The highest BCUT2D eigenvalue weighted by molar-refractivity contribution is 9.10. The highest BCUT2D eigenvalue weighted by Gasteiger charge is 2.09. The van der Waals surface area contributed by atoms with Crippen LogP contribution >= 0.6 is 15.9 Å². The molecular formula is C11H16BrNO2. The molecule has 0 fully saturated rings. The van der Waals surface area contributed by atoms with Gasteiger partial charge in [-0.25, -0.2) is 0 Å². The molecule has 0 aliphatic carbocycles. The second kappa shape index (κ2) is 5.98. The molecule has 4 heteroatoms. The SMILES string of the molecule is CCOc1cc(Br)c(CN)cc1OCC. The molecule has 0 aliphatic rings. The Morgan fingerprint density at radius 1 is 1.13 bits per heavy atom. The Balaban J connectivity index is 3.07. The van der Waals surface area contributed by atoms with Crippen LogP contribution in [0.1, 0.15) is 19.4 Å². The zero-order chi connectivity index (χ0) is 11.3. The van der Waals surface area contributed by atoms with Crippen molar-refractivity contribution < 1.29 is 9.47 Å². The van der Waals surface area contributed by atoms with Crippen molar-refractivity contribution in [2.24, 2.45) is 5.73 Å². The van der Waals surface area contributed by atoms with Crippen molar-refractivity contribution in [3.63, 3.8) is 0 Å². The third-order valence-corrected chi connectivity index (χ3v) is 2.67. The van der Waals surface area contributed by atoms with Crippen LogP contribution in [0, 0.1) is 0 Å². The summed E-state index contributed by atoms with van der Waals surface area (Å²) in [4.78, 5) is 0. The minimum absolute atomic E-state index is 0.479. The van der Waals surface area contributed by atoms with E-state index < -0.39 is 0 Å². The summed E-state index contributed by atoms with van der Waals surface area (Å²) in [5.74, 6) is 1.51. The van der Waals surface area contributed by atoms with E-state index in [0.717, 1.165) is 21.5 Å². The zero-order valence-electron chi connectivity index (χ0n) is 9.05. The van der Waals surface area contributed by atoms with Gasteiger partial charge in [-0.15, -0.1) is 0 Å². The maximum Gasteiger partial charge on any atom is 0.162 e. The lowest BCUT2D eigenvalue weighted by molar-refractivity contribution is 0.287. The van der Waals surface area contributed by atoms with Gasteiger partial charge in [-0.05, 0) is 31.5 Å². The van der Waals surface area contributed by atoms with Crippen LogP contribution < -0.4 is 15.2 Å². The maximum absolute atomic E-state index is 5.61. The largest absolute Gasteiger partial charge is 0.490 e. The Kier molecular flexibility index (Phi) is 4.91. The lowest BCUT2D eigenvalue weighted by Gasteiger charge is -2.13. The second-order valence-electron chi connectivity index (χ2n) is 2.96. The predicted octanol–water partition coefficient (Wildman–Crippen LogP) is 2.71. The molecule has 0 saturated carbocycles. The molecule has 1 rings (SSSR count). The number of halogens is 1. The highest BCUT2D eigenvalue weighted by atomic mass is 79.9. The standard InChI is InChI=1S/C11H16BrNO2/c1-3-14-10-5-8(7-13)9(12)6-11(10)15-4-2/h5-6H,3-4,7,13H2,1-2H3. The third kappa shape index (κ3) is 3.11. The minimum atomic E-state index is 0.479. The molecule has 0 spiro atoms. The van der Waals surface area contributed by atoms with Crippen LogP contribution in [0.15, 0.2) is 16.6 Å². The number of hydrogen-bond acceptors (Lipinski definition) is 3. The molecular weight excluding hydrogens is 258 g/mol. The van der Waals surface area contributed by atoms with E-state index in [4.69, 9.17) is 15.2 Å². The Morgan fingerprint density at radius 3 is 2.13 bits per heavy atom. The molecule has 0 radical (unpaired) electrons. The highest BCUT2D eigenvalue weighted by Crippen LogP contribution is 2.33. The van der Waals surface area contributed by atoms with E-state index in [1.807, 2.05) is 26.0 Å². The molecule has 0 saturated heterocycles. The molecule has 0 aromatic heterocycles. The van der Waals surface area contributed by atoms with Gasteiger partial charge < -0.3 is 15.2 Å². The molecule has 84 valence electrons. The molecule has 0 bridgehead atoms. The van der Waals surface area contributed by atoms with Crippen molar-refractivity contribution in [3.8, 4) is 11.5 Å². The lowest BCUT2D eigenvalue weighted by Crippen LogP contribution is -2.02. The van der Waals surface area contributed by atoms with Crippen LogP contribution in [-0.4, -0.2) is 13.2 Å². The van der Waals surface area contributed by atoms with E-state index in [1.54, 1.807) is 0 Å². The van der Waals surface area contributed by atoms with Gasteiger partial charge in [0.2, 0.25) is 0 Å². The minimum Gasteiger partial charge on any atom is -0.490 e. The molecule has 0 amide bonds. The quantitative estimate of drug-likeness (QED) is 0.897. The first-order valence-electron chi connectivity index (χ1n) is 5.01. The van der Waals surface area contributed by atoms with Gasteiger partial charge in [0.25, 0.3) is 0 Å². The molecule has 0 unspecified atom stereocenters. The first-order valence-corrected chi connectivity index (χ1v) is 5.80. The number of benzene rings is 1. The van der Waals surface area contributed by atoms with E-state index in [9.17, 15) is 0 Å². The van der Waals surface area contributed by atoms with Crippen LogP contribution in [0.4, 0.5) is 0 Å². The molecule has 15 heavy (non-hydrogen) atoms. The molecule has 3 nitrogen and oxygen atoms in total. The van der Waals surface area contributed by atoms with Gasteiger partial charge in [0, 0.05) is 11.0 Å². The molecule has 0 atom stereocenters. The zero-order valence-corrected chi connectivity index (χ0v) is 10.6. The first-order chi connectivity index (χ1) is 7.22. The topological polar surface area (TPSA) is 44.5 Å². The van der Waals surface area contributed by atoms with Gasteiger partial charge in [0.1, 0.15) is 0 Å². The van der Waals surface area contributed by atoms with Gasteiger partial charge in [0.15, 0.2) is 11.5 Å². The van der Waals surface area contributed by atoms with Gasteiger partial charge in [-0.3, -0.25) is 0 Å². The first kappa shape index (κ1) is 12.3. The van der Waals surface area contributed by atoms with Gasteiger partial charge >= 0.3 is 0 Å². The Bertz CT molecular complexity index is 329. The van der Waals surface area contributed by atoms with E-state index in [-0.39, 0.29) is 0 Å². The molecule has 1 aromatic rings. The molecule has 0 aliphatic heterocycles. The lowest BCUT2D eigenvalue weighted by atomic mass is 10.2. The van der Waals surface area contributed by atoms with Crippen molar-refractivity contribution in [2.45, 2.75) is 20.4 Å². The summed E-state index contributed by atoms with van der Waals surface area (Å²) >= 11 is 3.45.